The number of nitriles is 1. The number of rotatable bonds is 4. The molecule has 0 spiro atoms. The fourth-order valence-corrected chi connectivity index (χ4v) is 2.92. The van der Waals surface area contributed by atoms with Crippen LogP contribution in [0.1, 0.15) is 30.0 Å². The van der Waals surface area contributed by atoms with Gasteiger partial charge in [-0.2, -0.15) is 5.26 Å². The topological polar surface area (TPSA) is 59.3 Å². The van der Waals surface area contributed by atoms with E-state index in [-0.39, 0.29) is 12.1 Å². The Balaban J connectivity index is 1.58. The number of carbonyl (C=O) groups excluding carboxylic acids is 1. The predicted molar refractivity (Wildman–Crippen MR) is 89.6 cm³/mol. The van der Waals surface area contributed by atoms with E-state index in [4.69, 9.17) is 14.7 Å². The molecule has 2 aromatic rings. The molecule has 1 aliphatic carbocycles. The number of hydrogen-bond acceptors (Lipinski definition) is 4. The third kappa shape index (κ3) is 3.75. The molecule has 2 aromatic carbocycles. The zero-order valence-electron chi connectivity index (χ0n) is 13.6. The maximum absolute atomic E-state index is 12.3. The molecule has 4 nitrogen and oxygen atoms in total. The Kier molecular flexibility index (Phi) is 4.81. The van der Waals surface area contributed by atoms with Crippen molar-refractivity contribution >= 4 is 5.97 Å². The van der Waals surface area contributed by atoms with Gasteiger partial charge in [0.25, 0.3) is 0 Å². The molecule has 122 valence electrons. The van der Waals surface area contributed by atoms with Gasteiger partial charge in [0.1, 0.15) is 11.9 Å². The minimum absolute atomic E-state index is 0.108. The SMILES string of the molecule is CC(Oc1cccc(C#N)c1)C(=O)OC1CCc2ccccc2C1. The van der Waals surface area contributed by atoms with Gasteiger partial charge in [0, 0.05) is 6.42 Å². The van der Waals surface area contributed by atoms with E-state index in [1.54, 1.807) is 31.2 Å². The average molecular weight is 321 g/mol. The zero-order valence-corrected chi connectivity index (χ0v) is 13.6. The van der Waals surface area contributed by atoms with Gasteiger partial charge >= 0.3 is 5.97 Å². The van der Waals surface area contributed by atoms with Crippen LogP contribution in [0.25, 0.3) is 0 Å². The first-order chi connectivity index (χ1) is 11.7. The molecule has 0 radical (unpaired) electrons. The van der Waals surface area contributed by atoms with Crippen LogP contribution >= 0.6 is 0 Å². The Hall–Kier alpha value is -2.80. The fourth-order valence-electron chi connectivity index (χ4n) is 2.92. The summed E-state index contributed by atoms with van der Waals surface area (Å²) in [6.45, 7) is 1.66. The summed E-state index contributed by atoms with van der Waals surface area (Å²) in [6.07, 6.45) is 1.69. The first kappa shape index (κ1) is 16.1. The molecule has 24 heavy (non-hydrogen) atoms. The largest absolute Gasteiger partial charge is 0.479 e. The lowest BCUT2D eigenvalue weighted by Crippen LogP contribution is -2.33. The van der Waals surface area contributed by atoms with Crippen LogP contribution in [0.4, 0.5) is 0 Å². The van der Waals surface area contributed by atoms with Gasteiger partial charge in [-0.3, -0.25) is 0 Å². The van der Waals surface area contributed by atoms with Gasteiger partial charge in [-0.15, -0.1) is 0 Å². The summed E-state index contributed by atoms with van der Waals surface area (Å²) in [6, 6.07) is 17.1. The average Bonchev–Trinajstić information content (AvgIpc) is 2.61. The molecule has 1 aliphatic rings. The Morgan fingerprint density at radius 3 is 2.79 bits per heavy atom. The Bertz CT molecular complexity index is 778. The lowest BCUT2D eigenvalue weighted by molar-refractivity contribution is -0.157. The third-order valence-corrected chi connectivity index (χ3v) is 4.19. The number of nitrogens with zero attached hydrogens (tertiary/aromatic N) is 1. The number of fused-ring (bicyclic) bond motifs is 1. The molecule has 0 fully saturated rings. The second-order valence-electron chi connectivity index (χ2n) is 5.97. The molecule has 2 atom stereocenters. The van der Waals surface area contributed by atoms with E-state index in [2.05, 4.69) is 12.1 Å². The lowest BCUT2D eigenvalue weighted by atomic mass is 9.90. The van der Waals surface area contributed by atoms with Crippen molar-refractivity contribution in [3.63, 3.8) is 0 Å². The van der Waals surface area contributed by atoms with Crippen molar-refractivity contribution in [1.82, 2.24) is 0 Å². The summed E-state index contributed by atoms with van der Waals surface area (Å²) >= 11 is 0. The molecule has 0 saturated carbocycles. The monoisotopic (exact) mass is 321 g/mol. The molecule has 0 aromatic heterocycles. The Morgan fingerprint density at radius 1 is 1.21 bits per heavy atom. The van der Waals surface area contributed by atoms with E-state index < -0.39 is 6.10 Å². The molecule has 0 aliphatic heterocycles. The minimum atomic E-state index is -0.712. The zero-order chi connectivity index (χ0) is 16.9. The molecular formula is C20H19NO3. The second kappa shape index (κ2) is 7.18. The normalized spacial score (nSPS) is 17.2. The highest BCUT2D eigenvalue weighted by molar-refractivity contribution is 5.75. The van der Waals surface area contributed by atoms with Crippen LogP contribution in [-0.4, -0.2) is 18.2 Å². The van der Waals surface area contributed by atoms with Crippen LogP contribution in [0.5, 0.6) is 5.75 Å². The minimum Gasteiger partial charge on any atom is -0.479 e. The maximum atomic E-state index is 12.3. The third-order valence-electron chi connectivity index (χ3n) is 4.19. The summed E-state index contributed by atoms with van der Waals surface area (Å²) in [5.74, 6) is 0.120. The van der Waals surface area contributed by atoms with Gasteiger partial charge in [-0.1, -0.05) is 30.3 Å². The van der Waals surface area contributed by atoms with Crippen molar-refractivity contribution in [2.45, 2.75) is 38.4 Å². The standard InChI is InChI=1S/C20H19NO3/c1-14(23-18-8-4-5-15(11-18)13-21)20(22)24-19-10-9-16-6-2-3-7-17(16)12-19/h2-8,11,14,19H,9-10,12H2,1H3. The van der Waals surface area contributed by atoms with Crippen LogP contribution in [0.3, 0.4) is 0 Å². The first-order valence-electron chi connectivity index (χ1n) is 8.10. The highest BCUT2D eigenvalue weighted by Crippen LogP contribution is 2.23. The van der Waals surface area contributed by atoms with Gasteiger partial charge in [-0.25, -0.2) is 4.79 Å². The van der Waals surface area contributed by atoms with Crippen molar-refractivity contribution in [3.8, 4) is 11.8 Å². The highest BCUT2D eigenvalue weighted by atomic mass is 16.6. The number of hydrogen-bond donors (Lipinski definition) is 0. The van der Waals surface area contributed by atoms with E-state index in [9.17, 15) is 4.79 Å². The van der Waals surface area contributed by atoms with Gasteiger partial charge in [0.05, 0.1) is 11.6 Å². The molecule has 0 saturated heterocycles. The number of aryl methyl sites for hydroxylation is 1. The molecule has 4 heteroatoms. The highest BCUT2D eigenvalue weighted by Gasteiger charge is 2.25. The van der Waals surface area contributed by atoms with E-state index in [0.717, 1.165) is 19.3 Å². The van der Waals surface area contributed by atoms with Gasteiger partial charge < -0.3 is 9.47 Å². The summed E-state index contributed by atoms with van der Waals surface area (Å²) in [4.78, 5) is 12.3. The van der Waals surface area contributed by atoms with Gasteiger partial charge in [-0.05, 0) is 49.1 Å². The number of esters is 1. The molecule has 0 heterocycles. The van der Waals surface area contributed by atoms with Crippen molar-refractivity contribution < 1.29 is 14.3 Å². The Morgan fingerprint density at radius 2 is 2.00 bits per heavy atom. The summed E-state index contributed by atoms with van der Waals surface area (Å²) < 4.78 is 11.2. The van der Waals surface area contributed by atoms with Crippen molar-refractivity contribution in [3.05, 3.63) is 65.2 Å². The summed E-state index contributed by atoms with van der Waals surface area (Å²) in [5, 5.41) is 8.90. The quantitative estimate of drug-likeness (QED) is 0.810. The molecule has 0 amide bonds. The molecule has 3 rings (SSSR count). The van der Waals surface area contributed by atoms with E-state index in [1.807, 2.05) is 18.2 Å². The van der Waals surface area contributed by atoms with Crippen molar-refractivity contribution in [2.24, 2.45) is 0 Å². The smallest absolute Gasteiger partial charge is 0.347 e. The van der Waals surface area contributed by atoms with Crippen LogP contribution in [-0.2, 0) is 22.4 Å². The molecule has 2 unspecified atom stereocenters. The van der Waals surface area contributed by atoms with Crippen LogP contribution in [0, 0.1) is 11.3 Å². The second-order valence-corrected chi connectivity index (χ2v) is 5.97. The maximum Gasteiger partial charge on any atom is 0.347 e. The fraction of sp³-hybridized carbons (Fsp3) is 0.300. The van der Waals surface area contributed by atoms with Crippen LogP contribution in [0.2, 0.25) is 0 Å². The number of ether oxygens (including phenoxy) is 2. The summed E-state index contributed by atoms with van der Waals surface area (Å²) in [7, 11) is 0. The van der Waals surface area contributed by atoms with Gasteiger partial charge in [0.15, 0.2) is 6.10 Å². The molecular weight excluding hydrogens is 302 g/mol. The Labute approximate surface area is 141 Å². The van der Waals surface area contributed by atoms with Crippen molar-refractivity contribution in [2.75, 3.05) is 0 Å². The lowest BCUT2D eigenvalue weighted by Gasteiger charge is -2.26. The summed E-state index contributed by atoms with van der Waals surface area (Å²) in [5.41, 5.74) is 3.08. The molecule has 0 bridgehead atoms. The predicted octanol–water partition coefficient (Wildman–Crippen LogP) is 3.43. The number of carbonyl (C=O) groups is 1. The van der Waals surface area contributed by atoms with E-state index in [1.165, 1.54) is 11.1 Å². The number of benzene rings is 2. The van der Waals surface area contributed by atoms with Gasteiger partial charge in [0.2, 0.25) is 0 Å². The first-order valence-corrected chi connectivity index (χ1v) is 8.10. The van der Waals surface area contributed by atoms with E-state index in [0.29, 0.717) is 11.3 Å². The van der Waals surface area contributed by atoms with Crippen LogP contribution < -0.4 is 4.74 Å². The van der Waals surface area contributed by atoms with Crippen molar-refractivity contribution in [1.29, 1.82) is 5.26 Å². The van der Waals surface area contributed by atoms with E-state index >= 15 is 0 Å². The molecule has 0 N–H and O–H groups in total. The van der Waals surface area contributed by atoms with Crippen LogP contribution in [0.15, 0.2) is 48.5 Å².